The molecule has 21 heavy (non-hydrogen) atoms. The van der Waals surface area contributed by atoms with Crippen molar-refractivity contribution in [2.24, 2.45) is 16.8 Å². The van der Waals surface area contributed by atoms with Crippen LogP contribution in [0.5, 0.6) is 0 Å². The van der Waals surface area contributed by atoms with Crippen LogP contribution in [-0.4, -0.2) is 48.6 Å². The molecule has 1 atom stereocenters. The van der Waals surface area contributed by atoms with Crippen LogP contribution in [0, 0.1) is 11.8 Å². The molecule has 120 valence electrons. The van der Waals surface area contributed by atoms with Crippen LogP contribution in [0.25, 0.3) is 0 Å². The van der Waals surface area contributed by atoms with Crippen molar-refractivity contribution in [2.75, 3.05) is 26.3 Å². The van der Waals surface area contributed by atoms with E-state index in [-0.39, 0.29) is 18.4 Å². The second-order valence-corrected chi connectivity index (χ2v) is 6.64. The summed E-state index contributed by atoms with van der Waals surface area (Å²) < 4.78 is 4.96. The number of aliphatic hydroxyl groups is 1. The molecule has 1 heterocycles. The Bertz CT molecular complexity index is 385. The van der Waals surface area contributed by atoms with Crippen LogP contribution in [0.4, 0.5) is 0 Å². The molecule has 1 amide bonds. The quantitative estimate of drug-likeness (QED) is 0.730. The summed E-state index contributed by atoms with van der Waals surface area (Å²) in [5.74, 6) is 0.384. The lowest BCUT2D eigenvalue weighted by molar-refractivity contribution is -0.176. The van der Waals surface area contributed by atoms with Crippen molar-refractivity contribution < 1.29 is 14.6 Å². The molecule has 5 heteroatoms. The average Bonchev–Trinajstić information content (AvgIpc) is 2.48. The number of rotatable bonds is 6. The second kappa shape index (κ2) is 7.36. The molecule has 1 aliphatic heterocycles. The molecule has 2 N–H and O–H groups in total. The van der Waals surface area contributed by atoms with E-state index in [1.165, 1.54) is 32.1 Å². The summed E-state index contributed by atoms with van der Waals surface area (Å²) in [7, 11) is 0. The van der Waals surface area contributed by atoms with Crippen LogP contribution in [0.15, 0.2) is 4.99 Å². The normalized spacial score (nSPS) is 24.2. The van der Waals surface area contributed by atoms with E-state index in [4.69, 9.17) is 4.74 Å². The van der Waals surface area contributed by atoms with E-state index in [1.54, 1.807) is 0 Å². The maximum atomic E-state index is 12.1. The molecule has 2 aliphatic rings. The molecule has 0 bridgehead atoms. The molecule has 5 nitrogen and oxygen atoms in total. The fourth-order valence-corrected chi connectivity index (χ4v) is 2.81. The summed E-state index contributed by atoms with van der Waals surface area (Å²) in [5.41, 5.74) is 0.0117. The largest absolute Gasteiger partial charge is 0.383 e. The van der Waals surface area contributed by atoms with Crippen molar-refractivity contribution in [3.63, 3.8) is 0 Å². The van der Waals surface area contributed by atoms with Gasteiger partial charge in [-0.05, 0) is 32.6 Å². The molecular weight excluding hydrogens is 268 g/mol. The molecule has 2 fully saturated rings. The molecule has 1 saturated carbocycles. The minimum Gasteiger partial charge on any atom is -0.383 e. The molecule has 0 aromatic rings. The van der Waals surface area contributed by atoms with Crippen molar-refractivity contribution in [3.05, 3.63) is 0 Å². The number of aliphatic imine (C=N–C) groups is 1. The molecule has 0 aromatic carbocycles. The molecule has 0 radical (unpaired) electrons. The van der Waals surface area contributed by atoms with Gasteiger partial charge in [0.2, 0.25) is 5.91 Å². The highest BCUT2D eigenvalue weighted by Crippen LogP contribution is 2.24. The third kappa shape index (κ3) is 4.78. The fraction of sp³-hybridized carbons (Fsp3) is 0.875. The summed E-state index contributed by atoms with van der Waals surface area (Å²) in [6.07, 6.45) is 6.52. The number of carbonyl (C=O) groups excluding carboxylic acids is 1. The monoisotopic (exact) mass is 296 g/mol. The summed E-state index contributed by atoms with van der Waals surface area (Å²) in [6, 6.07) is 0. The van der Waals surface area contributed by atoms with Gasteiger partial charge in [0.25, 0.3) is 0 Å². The van der Waals surface area contributed by atoms with Crippen LogP contribution in [-0.2, 0) is 9.53 Å². The van der Waals surface area contributed by atoms with E-state index >= 15 is 0 Å². The first-order valence-electron chi connectivity index (χ1n) is 8.09. The third-order valence-corrected chi connectivity index (χ3v) is 4.68. The van der Waals surface area contributed by atoms with E-state index in [1.807, 2.05) is 13.8 Å². The van der Waals surface area contributed by atoms with Crippen molar-refractivity contribution in [1.82, 2.24) is 5.32 Å². The third-order valence-electron chi connectivity index (χ3n) is 4.68. The van der Waals surface area contributed by atoms with Crippen molar-refractivity contribution in [2.45, 2.75) is 51.6 Å². The number of nitrogens with one attached hydrogen (secondary N) is 1. The standard InChI is InChI=1S/C16H28N2O3/c1-12(15(19)18-9-16(20)10-21-11-16)13(2)17-8-14-6-4-3-5-7-14/h12,14,20H,3-11H2,1-2H3,(H,18,19). The van der Waals surface area contributed by atoms with Gasteiger partial charge in [0.15, 0.2) is 0 Å². The topological polar surface area (TPSA) is 70.9 Å². The molecule has 1 unspecified atom stereocenters. The Morgan fingerprint density at radius 2 is 2.05 bits per heavy atom. The Hall–Kier alpha value is -0.940. The summed E-state index contributed by atoms with van der Waals surface area (Å²) >= 11 is 0. The lowest BCUT2D eigenvalue weighted by atomic mass is 9.89. The Kier molecular flexibility index (Phi) is 5.76. The number of hydrogen-bond donors (Lipinski definition) is 2. The molecule has 0 spiro atoms. The fourth-order valence-electron chi connectivity index (χ4n) is 2.81. The zero-order chi connectivity index (χ0) is 15.3. The Morgan fingerprint density at radius 1 is 1.38 bits per heavy atom. The minimum atomic E-state index is -0.872. The first-order chi connectivity index (χ1) is 10.0. The molecule has 0 aromatic heterocycles. The minimum absolute atomic E-state index is 0.0692. The molecule has 1 saturated heterocycles. The summed E-state index contributed by atoms with van der Waals surface area (Å²) in [4.78, 5) is 16.7. The maximum Gasteiger partial charge on any atom is 0.228 e. The first-order valence-corrected chi connectivity index (χ1v) is 8.09. The van der Waals surface area contributed by atoms with Gasteiger partial charge >= 0.3 is 0 Å². The first kappa shape index (κ1) is 16.4. The van der Waals surface area contributed by atoms with Gasteiger partial charge in [-0.2, -0.15) is 0 Å². The number of hydrogen-bond acceptors (Lipinski definition) is 4. The van der Waals surface area contributed by atoms with Gasteiger partial charge in [-0.25, -0.2) is 0 Å². The van der Waals surface area contributed by atoms with Crippen molar-refractivity contribution >= 4 is 11.6 Å². The Balaban J connectivity index is 1.74. The summed E-state index contributed by atoms with van der Waals surface area (Å²) in [6.45, 7) is 5.50. The van der Waals surface area contributed by atoms with Crippen LogP contribution >= 0.6 is 0 Å². The zero-order valence-electron chi connectivity index (χ0n) is 13.2. The molecule has 1 aliphatic carbocycles. The van der Waals surface area contributed by atoms with Gasteiger partial charge in [-0.1, -0.05) is 19.3 Å². The predicted octanol–water partition coefficient (Wildman–Crippen LogP) is 1.54. The molecule has 2 rings (SSSR count). The van der Waals surface area contributed by atoms with Gasteiger partial charge in [-0.3, -0.25) is 9.79 Å². The van der Waals surface area contributed by atoms with Gasteiger partial charge < -0.3 is 15.2 Å². The van der Waals surface area contributed by atoms with Gasteiger partial charge in [-0.15, -0.1) is 0 Å². The number of amides is 1. The average molecular weight is 296 g/mol. The maximum absolute atomic E-state index is 12.1. The predicted molar refractivity (Wildman–Crippen MR) is 82.5 cm³/mol. The van der Waals surface area contributed by atoms with E-state index < -0.39 is 5.60 Å². The number of nitrogens with zero attached hydrogens (tertiary/aromatic N) is 1. The van der Waals surface area contributed by atoms with Crippen molar-refractivity contribution in [3.8, 4) is 0 Å². The van der Waals surface area contributed by atoms with Gasteiger partial charge in [0, 0.05) is 12.3 Å². The Labute approximate surface area is 127 Å². The van der Waals surface area contributed by atoms with E-state index in [2.05, 4.69) is 10.3 Å². The second-order valence-electron chi connectivity index (χ2n) is 6.64. The van der Waals surface area contributed by atoms with Crippen LogP contribution in [0.1, 0.15) is 46.0 Å². The van der Waals surface area contributed by atoms with Crippen LogP contribution in [0.3, 0.4) is 0 Å². The number of ether oxygens (including phenoxy) is 1. The van der Waals surface area contributed by atoms with E-state index in [0.29, 0.717) is 19.1 Å². The van der Waals surface area contributed by atoms with Crippen LogP contribution < -0.4 is 5.32 Å². The number of carbonyl (C=O) groups is 1. The van der Waals surface area contributed by atoms with E-state index in [9.17, 15) is 9.90 Å². The van der Waals surface area contributed by atoms with E-state index in [0.717, 1.165) is 12.3 Å². The SMILES string of the molecule is CC(=NCC1CCCCC1)C(C)C(=O)NCC1(O)COC1. The summed E-state index contributed by atoms with van der Waals surface area (Å²) in [5, 5.41) is 12.7. The highest BCUT2D eigenvalue weighted by molar-refractivity contribution is 6.02. The smallest absolute Gasteiger partial charge is 0.228 e. The Morgan fingerprint density at radius 3 is 2.62 bits per heavy atom. The zero-order valence-corrected chi connectivity index (χ0v) is 13.2. The van der Waals surface area contributed by atoms with Crippen molar-refractivity contribution in [1.29, 1.82) is 0 Å². The van der Waals surface area contributed by atoms with Crippen LogP contribution in [0.2, 0.25) is 0 Å². The molecular formula is C16H28N2O3. The highest BCUT2D eigenvalue weighted by Gasteiger charge is 2.36. The lowest BCUT2D eigenvalue weighted by Crippen LogP contribution is -2.57. The van der Waals surface area contributed by atoms with Gasteiger partial charge in [0.1, 0.15) is 5.60 Å². The lowest BCUT2D eigenvalue weighted by Gasteiger charge is -2.36. The van der Waals surface area contributed by atoms with Gasteiger partial charge in [0.05, 0.1) is 25.7 Å². The highest BCUT2D eigenvalue weighted by atomic mass is 16.5.